The third-order valence-corrected chi connectivity index (χ3v) is 22.6. The molecule has 0 aliphatic rings. The van der Waals surface area contributed by atoms with E-state index in [-0.39, 0.29) is 25.7 Å². The van der Waals surface area contributed by atoms with Crippen LogP contribution in [0.2, 0.25) is 0 Å². The molecule has 19 heteroatoms. The highest BCUT2D eigenvalue weighted by Crippen LogP contribution is 2.45. The van der Waals surface area contributed by atoms with Crippen LogP contribution in [0.3, 0.4) is 0 Å². The van der Waals surface area contributed by atoms with Crippen LogP contribution >= 0.6 is 15.6 Å². The molecule has 0 rings (SSSR count). The molecule has 0 saturated carbocycles. The highest BCUT2D eigenvalue weighted by atomic mass is 31.2. The fourth-order valence-corrected chi connectivity index (χ4v) is 15.4. The zero-order valence-electron chi connectivity index (χ0n) is 70.5. The van der Waals surface area contributed by atoms with E-state index < -0.39 is 97.5 Å². The van der Waals surface area contributed by atoms with Crippen LogP contribution in [-0.4, -0.2) is 96.7 Å². The Morgan fingerprint density at radius 3 is 0.636 bits per heavy atom. The van der Waals surface area contributed by atoms with E-state index in [9.17, 15) is 43.2 Å². The molecule has 0 bridgehead atoms. The molecule has 0 amide bonds. The second-order valence-electron chi connectivity index (χ2n) is 32.6. The summed E-state index contributed by atoms with van der Waals surface area (Å²) >= 11 is 0. The number of carbonyl (C=O) groups is 4. The number of aliphatic hydroxyl groups is 1. The number of carbonyl (C=O) groups excluding carboxylic acids is 4. The Morgan fingerprint density at radius 2 is 0.430 bits per heavy atom. The molecule has 0 saturated heterocycles. The lowest BCUT2D eigenvalue weighted by Crippen LogP contribution is -2.30. The molecule has 107 heavy (non-hydrogen) atoms. The van der Waals surface area contributed by atoms with Crippen molar-refractivity contribution in [2.45, 2.75) is 490 Å². The third kappa shape index (κ3) is 81.9. The summed E-state index contributed by atoms with van der Waals surface area (Å²) in [6.45, 7) is 9.72. The van der Waals surface area contributed by atoms with Gasteiger partial charge >= 0.3 is 39.5 Å². The number of hydrogen-bond donors (Lipinski definition) is 3. The molecule has 17 nitrogen and oxygen atoms in total. The van der Waals surface area contributed by atoms with Crippen molar-refractivity contribution in [2.24, 2.45) is 11.8 Å². The number of hydrogen-bond acceptors (Lipinski definition) is 15. The first-order valence-electron chi connectivity index (χ1n) is 45.5. The zero-order chi connectivity index (χ0) is 78.5. The molecule has 3 N–H and O–H groups in total. The van der Waals surface area contributed by atoms with Crippen molar-refractivity contribution in [3.63, 3.8) is 0 Å². The summed E-state index contributed by atoms with van der Waals surface area (Å²) < 4.78 is 69.0. The Hall–Kier alpha value is -1.94. The summed E-state index contributed by atoms with van der Waals surface area (Å²) in [5.74, 6) is -0.509. The summed E-state index contributed by atoms with van der Waals surface area (Å²) in [4.78, 5) is 73.3. The second-order valence-corrected chi connectivity index (χ2v) is 35.5. The Morgan fingerprint density at radius 1 is 0.252 bits per heavy atom. The second kappa shape index (κ2) is 79.3. The number of rotatable bonds is 87. The Kier molecular flexibility index (Phi) is 77.9. The van der Waals surface area contributed by atoms with Crippen molar-refractivity contribution in [1.29, 1.82) is 0 Å². The van der Waals surface area contributed by atoms with Gasteiger partial charge in [0, 0.05) is 25.7 Å². The Labute approximate surface area is 658 Å². The predicted molar refractivity (Wildman–Crippen MR) is 442 cm³/mol. The molecule has 5 atom stereocenters. The van der Waals surface area contributed by atoms with E-state index in [1.165, 1.54) is 289 Å². The van der Waals surface area contributed by atoms with E-state index in [0.29, 0.717) is 25.7 Å². The highest BCUT2D eigenvalue weighted by molar-refractivity contribution is 7.47. The van der Waals surface area contributed by atoms with Crippen LogP contribution in [0.4, 0.5) is 0 Å². The van der Waals surface area contributed by atoms with Crippen molar-refractivity contribution in [2.75, 3.05) is 39.6 Å². The molecule has 0 aromatic heterocycles. The summed E-state index contributed by atoms with van der Waals surface area (Å²) in [5.41, 5.74) is 0. The first-order valence-corrected chi connectivity index (χ1v) is 48.5. The molecule has 0 fully saturated rings. The molecule has 0 aliphatic carbocycles. The topological polar surface area (TPSA) is 237 Å². The van der Waals surface area contributed by atoms with Gasteiger partial charge in [0.25, 0.3) is 0 Å². The molecule has 0 aromatic rings. The van der Waals surface area contributed by atoms with Crippen molar-refractivity contribution >= 4 is 39.5 Å². The third-order valence-electron chi connectivity index (χ3n) is 20.7. The van der Waals surface area contributed by atoms with Gasteiger partial charge < -0.3 is 33.8 Å². The van der Waals surface area contributed by atoms with Gasteiger partial charge in [-0.25, -0.2) is 9.13 Å². The lowest BCUT2D eigenvalue weighted by atomic mass is 10.0. The number of phosphoric ester groups is 2. The molecule has 0 radical (unpaired) electrons. The van der Waals surface area contributed by atoms with E-state index >= 15 is 0 Å². The van der Waals surface area contributed by atoms with E-state index in [1.807, 2.05) is 0 Å². The Bertz CT molecular complexity index is 2050. The van der Waals surface area contributed by atoms with Crippen molar-refractivity contribution in [1.82, 2.24) is 0 Å². The molecule has 2 unspecified atom stereocenters. The number of aliphatic hydroxyl groups excluding tert-OH is 1. The van der Waals surface area contributed by atoms with Gasteiger partial charge in [-0.3, -0.25) is 37.3 Å². The molecule has 0 aliphatic heterocycles. The smallest absolute Gasteiger partial charge is 0.462 e. The van der Waals surface area contributed by atoms with E-state index in [2.05, 4.69) is 41.5 Å². The van der Waals surface area contributed by atoms with Crippen molar-refractivity contribution < 1.29 is 80.2 Å². The minimum absolute atomic E-state index is 0.108. The lowest BCUT2D eigenvalue weighted by molar-refractivity contribution is -0.161. The minimum Gasteiger partial charge on any atom is -0.462 e. The largest absolute Gasteiger partial charge is 0.472 e. The van der Waals surface area contributed by atoms with Gasteiger partial charge in [-0.1, -0.05) is 420 Å². The number of phosphoric acid groups is 2. The van der Waals surface area contributed by atoms with Gasteiger partial charge in [-0.05, 0) is 37.5 Å². The highest BCUT2D eigenvalue weighted by Gasteiger charge is 2.30. The number of ether oxygens (including phenoxy) is 4. The van der Waals surface area contributed by atoms with Crippen LogP contribution in [0, 0.1) is 11.8 Å². The van der Waals surface area contributed by atoms with Gasteiger partial charge in [-0.15, -0.1) is 0 Å². The SMILES string of the molecule is CCCCCCCCCCCCCCCCCCCCCCCC(=O)O[C@H](COC(=O)CCCCCCCCCCCCCCCCCCC(C)C)COP(=O)(O)OC[C@@H](O)COP(=O)(O)OC[C@@H](COC(=O)CCCCCCCCCCCCCC)OC(=O)CCCCCCCCCCCCCCC(C)C. The van der Waals surface area contributed by atoms with Crippen LogP contribution in [0.5, 0.6) is 0 Å². The summed E-state index contributed by atoms with van der Waals surface area (Å²) in [6, 6.07) is 0. The minimum atomic E-state index is -4.97. The van der Waals surface area contributed by atoms with Crippen LogP contribution in [0.25, 0.3) is 0 Å². The average molecular weight is 1560 g/mol. The summed E-state index contributed by atoms with van der Waals surface area (Å²) in [7, 11) is -9.93. The van der Waals surface area contributed by atoms with Crippen LogP contribution in [0.15, 0.2) is 0 Å². The standard InChI is InChI=1S/C88H172O17P2/c1-7-9-11-13-15-17-19-21-22-23-24-25-26-27-32-35-42-48-54-60-66-72-87(92)104-84(77-99-86(91)71-65-59-53-47-41-34-31-29-28-30-33-38-44-50-56-62-68-80(3)4)79-103-107(96,97)101-75-82(89)74-100-106(94,95)102-78-83(76-98-85(90)70-64-58-52-46-40-20-18-16-14-12-10-8-2)105-88(93)73-67-61-55-49-43-37-36-39-45-51-57-63-69-81(5)6/h80-84,89H,7-79H2,1-6H3,(H,94,95)(H,96,97)/t82-,83+,84+/m0/s1. The van der Waals surface area contributed by atoms with Crippen LogP contribution < -0.4 is 0 Å². The summed E-state index contributed by atoms with van der Waals surface area (Å²) in [6.07, 6.45) is 72.2. The fraction of sp³-hybridized carbons (Fsp3) is 0.955. The lowest BCUT2D eigenvalue weighted by Gasteiger charge is -2.21. The normalized spacial score (nSPS) is 13.8. The van der Waals surface area contributed by atoms with Crippen molar-refractivity contribution in [3.05, 3.63) is 0 Å². The zero-order valence-corrected chi connectivity index (χ0v) is 72.2. The molecular weight excluding hydrogens is 1390 g/mol. The van der Waals surface area contributed by atoms with Crippen LogP contribution in [0.1, 0.15) is 472 Å². The first kappa shape index (κ1) is 105. The van der Waals surface area contributed by atoms with Gasteiger partial charge in [0.1, 0.15) is 19.3 Å². The average Bonchev–Trinajstić information content (AvgIpc) is 0.904. The fourth-order valence-electron chi connectivity index (χ4n) is 13.8. The predicted octanol–water partition coefficient (Wildman–Crippen LogP) is 27.0. The number of esters is 4. The maximum absolute atomic E-state index is 13.2. The number of unbranched alkanes of at least 4 members (excludes halogenated alkanes) is 57. The molecule has 0 aromatic carbocycles. The molecule has 0 heterocycles. The first-order chi connectivity index (χ1) is 51.9. The van der Waals surface area contributed by atoms with Crippen molar-refractivity contribution in [3.8, 4) is 0 Å². The molecule has 636 valence electrons. The monoisotopic (exact) mass is 1560 g/mol. The summed E-state index contributed by atoms with van der Waals surface area (Å²) in [5, 5.41) is 10.7. The molecule has 0 spiro atoms. The Balaban J connectivity index is 5.24. The quantitative estimate of drug-likeness (QED) is 0.0222. The van der Waals surface area contributed by atoms with Crippen LogP contribution in [-0.2, 0) is 65.4 Å². The molecular formula is C88H172O17P2. The van der Waals surface area contributed by atoms with Gasteiger partial charge in [0.05, 0.1) is 26.4 Å². The van der Waals surface area contributed by atoms with E-state index in [1.54, 1.807) is 0 Å². The van der Waals surface area contributed by atoms with E-state index in [0.717, 1.165) is 102 Å². The maximum Gasteiger partial charge on any atom is 0.472 e. The maximum atomic E-state index is 13.2. The van der Waals surface area contributed by atoms with Gasteiger partial charge in [-0.2, -0.15) is 0 Å². The van der Waals surface area contributed by atoms with E-state index in [4.69, 9.17) is 37.0 Å². The van der Waals surface area contributed by atoms with Gasteiger partial charge in [0.2, 0.25) is 0 Å². The van der Waals surface area contributed by atoms with Gasteiger partial charge in [0.15, 0.2) is 12.2 Å².